The minimum Gasteiger partial charge on any atom is -0.497 e. The molecule has 0 N–H and O–H groups in total. The Hall–Kier alpha value is -2.73. The maximum absolute atomic E-state index is 13.3. The molecule has 1 aliphatic heterocycles. The van der Waals surface area contributed by atoms with Gasteiger partial charge < -0.3 is 14.4 Å². The van der Waals surface area contributed by atoms with Crippen LogP contribution in [0, 0.1) is 0 Å². The third-order valence-corrected chi connectivity index (χ3v) is 6.27. The summed E-state index contributed by atoms with van der Waals surface area (Å²) in [6.07, 6.45) is 0. The molecule has 3 rings (SSSR count). The third kappa shape index (κ3) is 3.10. The lowest BCUT2D eigenvalue weighted by atomic mass is 9.92. The summed E-state index contributed by atoms with van der Waals surface area (Å²) in [6.45, 7) is 3.94. The Labute approximate surface area is 163 Å². The van der Waals surface area contributed by atoms with Gasteiger partial charge in [-0.15, -0.1) is 11.8 Å². The maximum Gasteiger partial charge on any atom is 0.335 e. The van der Waals surface area contributed by atoms with Crippen molar-refractivity contribution in [1.29, 1.82) is 0 Å². The average Bonchev–Trinajstić information content (AvgIpc) is 2.94. The number of likely N-dealkylation sites (N-methyl/N-ethyl adjacent to an activating group) is 1. The van der Waals surface area contributed by atoms with Crippen molar-refractivity contribution in [3.63, 3.8) is 0 Å². The van der Waals surface area contributed by atoms with Crippen molar-refractivity contribution in [3.05, 3.63) is 71.8 Å². The van der Waals surface area contributed by atoms with Gasteiger partial charge in [-0.25, -0.2) is 4.79 Å². The fourth-order valence-electron chi connectivity index (χ4n) is 3.22. The lowest BCUT2D eigenvalue weighted by Crippen LogP contribution is -2.40. The number of rotatable bonds is 6. The molecule has 0 aromatic heterocycles. The molecule has 2 aromatic carbocycles. The first kappa shape index (κ1) is 19.0. The van der Waals surface area contributed by atoms with Crippen molar-refractivity contribution in [2.24, 2.45) is 0 Å². The van der Waals surface area contributed by atoms with E-state index in [1.165, 1.54) is 18.9 Å². The summed E-state index contributed by atoms with van der Waals surface area (Å²) >= 11 is 1.37. The minimum atomic E-state index is -1.21. The van der Waals surface area contributed by atoms with Crippen molar-refractivity contribution in [2.75, 3.05) is 26.2 Å². The van der Waals surface area contributed by atoms with Gasteiger partial charge in [0.25, 0.3) is 5.91 Å². The molecule has 0 aliphatic carbocycles. The predicted molar refractivity (Wildman–Crippen MR) is 107 cm³/mol. The van der Waals surface area contributed by atoms with Crippen LogP contribution in [0.2, 0.25) is 0 Å². The van der Waals surface area contributed by atoms with E-state index in [-0.39, 0.29) is 11.5 Å². The molecule has 0 saturated carbocycles. The van der Waals surface area contributed by atoms with Crippen molar-refractivity contribution < 1.29 is 19.1 Å². The SMILES string of the molecule is C=C(C(=O)OC)C1(SCc2ccc(OC)cc2)C(=O)N(C)c2ccccc21. The van der Waals surface area contributed by atoms with E-state index in [1.807, 2.05) is 48.5 Å². The summed E-state index contributed by atoms with van der Waals surface area (Å²) < 4.78 is 8.87. The standard InChI is InChI=1S/C21H21NO4S/c1-14(19(23)26-4)21(27-13-15-9-11-16(25-3)12-10-15)17-7-5-6-8-18(17)22(2)20(21)24/h5-12H,1,13H2,2-4H3. The highest BCUT2D eigenvalue weighted by Gasteiger charge is 2.54. The van der Waals surface area contributed by atoms with Crippen LogP contribution in [0.5, 0.6) is 5.75 Å². The molecule has 0 fully saturated rings. The first-order chi connectivity index (χ1) is 13.0. The van der Waals surface area contributed by atoms with Gasteiger partial charge >= 0.3 is 5.97 Å². The topological polar surface area (TPSA) is 55.8 Å². The average molecular weight is 383 g/mol. The zero-order valence-corrected chi connectivity index (χ0v) is 16.3. The van der Waals surface area contributed by atoms with Crippen molar-refractivity contribution >= 4 is 29.3 Å². The fourth-order valence-corrected chi connectivity index (χ4v) is 4.64. The molecule has 1 unspecified atom stereocenters. The van der Waals surface area contributed by atoms with Crippen LogP contribution in [0.4, 0.5) is 5.69 Å². The van der Waals surface area contributed by atoms with Gasteiger partial charge in [-0.2, -0.15) is 0 Å². The number of para-hydroxylation sites is 1. The molecule has 1 atom stereocenters. The van der Waals surface area contributed by atoms with E-state index in [4.69, 9.17) is 9.47 Å². The number of nitrogens with zero attached hydrogens (tertiary/aromatic N) is 1. The number of ether oxygens (including phenoxy) is 2. The first-order valence-electron chi connectivity index (χ1n) is 8.38. The number of fused-ring (bicyclic) bond motifs is 1. The Morgan fingerprint density at radius 1 is 1.15 bits per heavy atom. The van der Waals surface area contributed by atoms with Gasteiger partial charge in [0.2, 0.25) is 0 Å². The van der Waals surface area contributed by atoms with Crippen LogP contribution in [-0.4, -0.2) is 33.1 Å². The molecule has 0 bridgehead atoms. The van der Waals surface area contributed by atoms with E-state index < -0.39 is 10.7 Å². The Morgan fingerprint density at radius 2 is 1.81 bits per heavy atom. The van der Waals surface area contributed by atoms with Crippen LogP contribution in [-0.2, 0) is 24.8 Å². The highest BCUT2D eigenvalue weighted by Crippen LogP contribution is 2.53. The van der Waals surface area contributed by atoms with E-state index in [0.717, 1.165) is 22.6 Å². The normalized spacial score (nSPS) is 18.2. The summed E-state index contributed by atoms with van der Waals surface area (Å²) in [5.74, 6) is 0.501. The number of thioether (sulfide) groups is 1. The first-order valence-corrected chi connectivity index (χ1v) is 9.36. The number of methoxy groups -OCH3 is 2. The van der Waals surface area contributed by atoms with Crippen LogP contribution in [0.3, 0.4) is 0 Å². The Kier molecular flexibility index (Phi) is 5.28. The Balaban J connectivity index is 2.02. The van der Waals surface area contributed by atoms with Crippen molar-refractivity contribution in [2.45, 2.75) is 10.5 Å². The number of amides is 1. The van der Waals surface area contributed by atoms with Gasteiger partial charge in [0.05, 0.1) is 19.8 Å². The molecule has 2 aromatic rings. The number of anilines is 1. The number of benzene rings is 2. The summed E-state index contributed by atoms with van der Waals surface area (Å²) in [5, 5.41) is 0. The number of hydrogen-bond acceptors (Lipinski definition) is 5. The summed E-state index contributed by atoms with van der Waals surface area (Å²) in [4.78, 5) is 27.2. The largest absolute Gasteiger partial charge is 0.497 e. The Morgan fingerprint density at radius 3 is 2.44 bits per heavy atom. The number of esters is 1. The van der Waals surface area contributed by atoms with Crippen LogP contribution in [0.1, 0.15) is 11.1 Å². The fraction of sp³-hybridized carbons (Fsp3) is 0.238. The number of carbonyl (C=O) groups is 2. The predicted octanol–water partition coefficient (Wildman–Crippen LogP) is 3.53. The van der Waals surface area contributed by atoms with Gasteiger partial charge in [-0.1, -0.05) is 36.9 Å². The van der Waals surface area contributed by atoms with Gasteiger partial charge in [0.1, 0.15) is 5.75 Å². The van der Waals surface area contributed by atoms with E-state index in [1.54, 1.807) is 19.1 Å². The molecule has 27 heavy (non-hydrogen) atoms. The van der Waals surface area contributed by atoms with Crippen LogP contribution in [0.25, 0.3) is 0 Å². The third-order valence-electron chi connectivity index (χ3n) is 4.72. The summed E-state index contributed by atoms with van der Waals surface area (Å²) in [7, 11) is 4.62. The van der Waals surface area contributed by atoms with Crippen molar-refractivity contribution in [3.8, 4) is 5.75 Å². The molecule has 0 radical (unpaired) electrons. The monoisotopic (exact) mass is 383 g/mol. The van der Waals surface area contributed by atoms with E-state index in [2.05, 4.69) is 6.58 Å². The molecule has 1 heterocycles. The zero-order valence-electron chi connectivity index (χ0n) is 15.5. The van der Waals surface area contributed by atoms with E-state index >= 15 is 0 Å². The molecule has 0 spiro atoms. The smallest absolute Gasteiger partial charge is 0.335 e. The molecule has 0 saturated heterocycles. The Bertz CT molecular complexity index is 893. The summed E-state index contributed by atoms with van der Waals surface area (Å²) in [5.41, 5.74) is 2.67. The highest BCUT2D eigenvalue weighted by molar-refractivity contribution is 8.00. The lowest BCUT2D eigenvalue weighted by Gasteiger charge is -2.28. The second-order valence-corrected chi connectivity index (χ2v) is 7.36. The molecule has 1 amide bonds. The van der Waals surface area contributed by atoms with E-state index in [9.17, 15) is 9.59 Å². The zero-order chi connectivity index (χ0) is 19.6. The minimum absolute atomic E-state index is 0.130. The van der Waals surface area contributed by atoms with Gasteiger partial charge in [-0.05, 0) is 23.8 Å². The molecular formula is C21H21NO4S. The van der Waals surface area contributed by atoms with Gasteiger partial charge in [-0.3, -0.25) is 4.79 Å². The molecule has 1 aliphatic rings. The molecule has 6 heteroatoms. The van der Waals surface area contributed by atoms with Crippen LogP contribution >= 0.6 is 11.8 Å². The summed E-state index contributed by atoms with van der Waals surface area (Å²) in [6, 6.07) is 15.1. The van der Waals surface area contributed by atoms with E-state index in [0.29, 0.717) is 5.75 Å². The van der Waals surface area contributed by atoms with Crippen LogP contribution in [0.15, 0.2) is 60.7 Å². The lowest BCUT2D eigenvalue weighted by molar-refractivity contribution is -0.137. The molecule has 5 nitrogen and oxygen atoms in total. The number of hydrogen-bond donors (Lipinski definition) is 0. The molecular weight excluding hydrogens is 362 g/mol. The van der Waals surface area contributed by atoms with Gasteiger partial charge in [0, 0.05) is 24.1 Å². The second-order valence-electron chi connectivity index (χ2n) is 6.17. The quantitative estimate of drug-likeness (QED) is 0.564. The molecule has 140 valence electrons. The van der Waals surface area contributed by atoms with Crippen molar-refractivity contribution in [1.82, 2.24) is 0 Å². The highest BCUT2D eigenvalue weighted by atomic mass is 32.2. The van der Waals surface area contributed by atoms with Gasteiger partial charge in [0.15, 0.2) is 4.75 Å². The number of carbonyl (C=O) groups excluding carboxylic acids is 2. The maximum atomic E-state index is 13.3. The van der Waals surface area contributed by atoms with Crippen LogP contribution < -0.4 is 9.64 Å². The second kappa shape index (κ2) is 7.48.